The topological polar surface area (TPSA) is 30.7 Å². The van der Waals surface area contributed by atoms with Gasteiger partial charge in [0.25, 0.3) is 0 Å². The zero-order valence-corrected chi connectivity index (χ0v) is 36.5. The molecule has 1 aliphatic carbocycles. The molecule has 0 unspecified atom stereocenters. The van der Waals surface area contributed by atoms with E-state index in [1.54, 1.807) is 11.1 Å². The van der Waals surface area contributed by atoms with Crippen LogP contribution < -0.4 is 0 Å². The summed E-state index contributed by atoms with van der Waals surface area (Å²) < 4.78 is 7.59. The van der Waals surface area contributed by atoms with E-state index in [9.17, 15) is 0 Å². The van der Waals surface area contributed by atoms with Crippen molar-refractivity contribution in [3.63, 3.8) is 0 Å². The SMILES string of the molecule is CCCCCCCCC1(CCCCCCCC)c2cc(C)ccc2-c2ccc(-c3cc(-c4ccc5c(c4)sc4c6ccc(C)cc6sc54)cc(-n4cnnc4)c3)cc21. The van der Waals surface area contributed by atoms with E-state index in [2.05, 4.69) is 129 Å². The summed E-state index contributed by atoms with van der Waals surface area (Å²) in [5.41, 5.74) is 14.8. The van der Waals surface area contributed by atoms with Gasteiger partial charge in [-0.1, -0.05) is 151 Å². The van der Waals surface area contributed by atoms with E-state index in [4.69, 9.17) is 0 Å². The van der Waals surface area contributed by atoms with E-state index in [0.29, 0.717) is 0 Å². The third-order valence-corrected chi connectivity index (χ3v) is 15.5. The maximum Gasteiger partial charge on any atom is 0.123 e. The molecular formula is C53H57N3S2. The molecule has 0 saturated heterocycles. The number of benzene rings is 5. The number of hydrogen-bond acceptors (Lipinski definition) is 4. The number of rotatable bonds is 17. The molecule has 0 amide bonds. The van der Waals surface area contributed by atoms with Crippen LogP contribution >= 0.6 is 22.7 Å². The van der Waals surface area contributed by atoms with Gasteiger partial charge in [0, 0.05) is 31.3 Å². The van der Waals surface area contributed by atoms with Gasteiger partial charge in [-0.05, 0) is 113 Å². The fourth-order valence-corrected chi connectivity index (χ4v) is 12.6. The highest BCUT2D eigenvalue weighted by Crippen LogP contribution is 2.55. The van der Waals surface area contributed by atoms with Crippen LogP contribution in [-0.2, 0) is 5.41 Å². The van der Waals surface area contributed by atoms with Crippen molar-refractivity contribution in [2.75, 3.05) is 0 Å². The highest BCUT2D eigenvalue weighted by Gasteiger charge is 2.42. The van der Waals surface area contributed by atoms with Crippen molar-refractivity contribution in [3.8, 4) is 39.1 Å². The number of fused-ring (bicyclic) bond motifs is 8. The zero-order valence-electron chi connectivity index (χ0n) is 34.9. The van der Waals surface area contributed by atoms with E-state index < -0.39 is 0 Å². The van der Waals surface area contributed by atoms with Gasteiger partial charge < -0.3 is 0 Å². The third kappa shape index (κ3) is 7.45. The number of nitrogens with zero attached hydrogens (tertiary/aromatic N) is 3. The minimum absolute atomic E-state index is 0.0385. The van der Waals surface area contributed by atoms with Gasteiger partial charge in [0.15, 0.2) is 0 Å². The minimum Gasteiger partial charge on any atom is -0.288 e. The standard InChI is InChI=1S/C53H57N3S2/c1-5-7-9-11-13-15-25-53(26-16-14-12-10-8-6-2)47-27-36(3)17-21-43(47)44-23-19-38(32-48(44)53)40-29-41(31-42(30-40)56-34-54-55-35-56)39-20-24-46-50(33-39)58-51-45-22-18-37(4)28-49(45)57-52(46)51/h17-24,27-35H,5-16,25-26H2,1-4H3. The monoisotopic (exact) mass is 799 g/mol. The average molecular weight is 800 g/mol. The van der Waals surface area contributed by atoms with Gasteiger partial charge in [-0.15, -0.1) is 32.9 Å². The molecule has 0 radical (unpaired) electrons. The van der Waals surface area contributed by atoms with Crippen LogP contribution in [-0.4, -0.2) is 14.8 Å². The van der Waals surface area contributed by atoms with Crippen LogP contribution in [0, 0.1) is 13.8 Å². The second-order valence-corrected chi connectivity index (χ2v) is 19.2. The molecule has 0 bridgehead atoms. The molecule has 3 nitrogen and oxygen atoms in total. The molecule has 0 N–H and O–H groups in total. The molecule has 1 aliphatic rings. The van der Waals surface area contributed by atoms with Crippen molar-refractivity contribution in [1.29, 1.82) is 0 Å². The Bertz CT molecular complexity index is 2680. The lowest BCUT2D eigenvalue weighted by Gasteiger charge is -2.33. The normalized spacial score (nSPS) is 13.2. The Labute approximate surface area is 353 Å². The van der Waals surface area contributed by atoms with Gasteiger partial charge in [-0.25, -0.2) is 0 Å². The molecule has 9 rings (SSSR count). The Hall–Kier alpha value is -4.58. The van der Waals surface area contributed by atoms with Crippen molar-refractivity contribution in [3.05, 3.63) is 126 Å². The van der Waals surface area contributed by atoms with Crippen molar-refractivity contribution in [2.24, 2.45) is 0 Å². The Morgan fingerprint density at radius 1 is 0.483 bits per heavy atom. The lowest BCUT2D eigenvalue weighted by atomic mass is 9.70. The number of aromatic nitrogens is 3. The lowest BCUT2D eigenvalue weighted by Crippen LogP contribution is -2.25. The Balaban J connectivity index is 1.13. The van der Waals surface area contributed by atoms with E-state index in [0.717, 1.165) is 5.69 Å². The van der Waals surface area contributed by atoms with Gasteiger partial charge in [0.2, 0.25) is 0 Å². The lowest BCUT2D eigenvalue weighted by molar-refractivity contribution is 0.398. The van der Waals surface area contributed by atoms with Crippen molar-refractivity contribution in [2.45, 2.75) is 123 Å². The molecule has 5 aromatic carbocycles. The van der Waals surface area contributed by atoms with Crippen LogP contribution in [0.5, 0.6) is 0 Å². The van der Waals surface area contributed by atoms with Gasteiger partial charge >= 0.3 is 0 Å². The van der Waals surface area contributed by atoms with Gasteiger partial charge in [-0.3, -0.25) is 4.57 Å². The summed E-state index contributed by atoms with van der Waals surface area (Å²) in [5, 5.41) is 11.2. The maximum absolute atomic E-state index is 4.21. The molecule has 0 saturated carbocycles. The molecule has 3 heterocycles. The largest absolute Gasteiger partial charge is 0.288 e. The molecule has 0 atom stereocenters. The quantitative estimate of drug-likeness (QED) is 0.0859. The number of aryl methyl sites for hydroxylation is 2. The second kappa shape index (κ2) is 17.0. The summed E-state index contributed by atoms with van der Waals surface area (Å²) in [6, 6.07) is 35.7. The summed E-state index contributed by atoms with van der Waals surface area (Å²) in [7, 11) is 0. The van der Waals surface area contributed by atoms with E-state index >= 15 is 0 Å². The number of thiophene rings is 2. The molecule has 58 heavy (non-hydrogen) atoms. The first-order valence-electron chi connectivity index (χ1n) is 22.1. The van der Waals surface area contributed by atoms with E-state index in [1.807, 2.05) is 39.9 Å². The second-order valence-electron chi connectivity index (χ2n) is 17.1. The summed E-state index contributed by atoms with van der Waals surface area (Å²) in [6.07, 6.45) is 22.0. The highest BCUT2D eigenvalue weighted by atomic mass is 32.1. The highest BCUT2D eigenvalue weighted by molar-refractivity contribution is 7.36. The molecule has 5 heteroatoms. The van der Waals surface area contributed by atoms with Crippen LogP contribution in [0.1, 0.15) is 126 Å². The smallest absolute Gasteiger partial charge is 0.123 e. The van der Waals surface area contributed by atoms with Gasteiger partial charge in [0.1, 0.15) is 12.7 Å². The molecule has 0 fully saturated rings. The van der Waals surface area contributed by atoms with Gasteiger partial charge in [-0.2, -0.15) is 0 Å². The summed E-state index contributed by atoms with van der Waals surface area (Å²) in [4.78, 5) is 0. The average Bonchev–Trinajstić information content (AvgIpc) is 4.03. The summed E-state index contributed by atoms with van der Waals surface area (Å²) in [5.74, 6) is 0. The number of unbranched alkanes of at least 4 members (excludes halogenated alkanes) is 10. The fraction of sp³-hybridized carbons (Fsp3) is 0.358. The van der Waals surface area contributed by atoms with Crippen LogP contribution in [0.25, 0.3) is 68.6 Å². The first-order chi connectivity index (χ1) is 28.5. The molecule has 0 spiro atoms. The van der Waals surface area contributed by atoms with Crippen LogP contribution in [0.15, 0.2) is 104 Å². The summed E-state index contributed by atoms with van der Waals surface area (Å²) >= 11 is 3.86. The first-order valence-corrected chi connectivity index (χ1v) is 23.7. The van der Waals surface area contributed by atoms with Crippen LogP contribution in [0.2, 0.25) is 0 Å². The predicted octanol–water partition coefficient (Wildman–Crippen LogP) is 16.6. The molecule has 8 aromatic rings. The molecule has 296 valence electrons. The van der Waals surface area contributed by atoms with Crippen LogP contribution in [0.3, 0.4) is 0 Å². The third-order valence-electron chi connectivity index (χ3n) is 13.0. The summed E-state index contributed by atoms with van der Waals surface area (Å²) in [6.45, 7) is 9.11. The predicted molar refractivity (Wildman–Crippen MR) is 252 cm³/mol. The minimum atomic E-state index is 0.0385. The molecule has 0 aliphatic heterocycles. The Morgan fingerprint density at radius 2 is 0.983 bits per heavy atom. The van der Waals surface area contributed by atoms with Crippen LogP contribution in [0.4, 0.5) is 0 Å². The van der Waals surface area contributed by atoms with Gasteiger partial charge in [0.05, 0.1) is 9.40 Å². The van der Waals surface area contributed by atoms with Crippen molar-refractivity contribution < 1.29 is 0 Å². The maximum atomic E-state index is 4.21. The van der Waals surface area contributed by atoms with E-state index in [1.165, 1.54) is 164 Å². The Kier molecular flexibility index (Phi) is 11.4. The van der Waals surface area contributed by atoms with E-state index in [-0.39, 0.29) is 5.41 Å². The molecule has 3 aromatic heterocycles. The van der Waals surface area contributed by atoms with Crippen molar-refractivity contribution in [1.82, 2.24) is 14.8 Å². The van der Waals surface area contributed by atoms with Crippen molar-refractivity contribution >= 4 is 52.2 Å². The fourth-order valence-electron chi connectivity index (χ4n) is 9.84. The Morgan fingerprint density at radius 3 is 1.64 bits per heavy atom. The molecular weight excluding hydrogens is 743 g/mol. The zero-order chi connectivity index (χ0) is 39.6. The first kappa shape index (κ1) is 38.9. The number of hydrogen-bond donors (Lipinski definition) is 0.